The zero-order valence-electron chi connectivity index (χ0n) is 12.6. The van der Waals surface area contributed by atoms with Crippen molar-refractivity contribution in [3.05, 3.63) is 36.0 Å². The van der Waals surface area contributed by atoms with Crippen LogP contribution < -0.4 is 10.1 Å². The van der Waals surface area contributed by atoms with E-state index in [2.05, 4.69) is 10.2 Å². The Hall–Kier alpha value is -2.50. The maximum absolute atomic E-state index is 8.64. The molecule has 0 unspecified atom stereocenters. The molecule has 0 radical (unpaired) electrons. The number of likely N-dealkylation sites (tertiary alicyclic amines) is 1. The van der Waals surface area contributed by atoms with Gasteiger partial charge in [0.1, 0.15) is 23.5 Å². The molecule has 0 spiro atoms. The number of allylic oxidation sites excluding steroid dienone is 1. The Morgan fingerprint density at radius 3 is 2.50 bits per heavy atom. The Kier molecular flexibility index (Phi) is 6.29. The Balaban J connectivity index is 1.71. The van der Waals surface area contributed by atoms with Crippen LogP contribution in [-0.2, 0) is 0 Å². The molecular weight excluding hydrogens is 276 g/mol. The molecule has 0 aromatic heterocycles. The topological polar surface area (TPSA) is 72.1 Å². The second-order valence-electron chi connectivity index (χ2n) is 5.20. The van der Waals surface area contributed by atoms with Gasteiger partial charge in [-0.05, 0) is 56.6 Å². The van der Waals surface area contributed by atoms with Gasteiger partial charge in [0.15, 0.2) is 0 Å². The highest BCUT2D eigenvalue weighted by molar-refractivity contribution is 5.51. The summed E-state index contributed by atoms with van der Waals surface area (Å²) in [4.78, 5) is 2.48. The molecule has 5 nitrogen and oxygen atoms in total. The van der Waals surface area contributed by atoms with Crippen molar-refractivity contribution in [3.8, 4) is 17.9 Å². The van der Waals surface area contributed by atoms with Crippen molar-refractivity contribution < 1.29 is 4.74 Å². The van der Waals surface area contributed by atoms with Gasteiger partial charge in [0.2, 0.25) is 0 Å². The maximum atomic E-state index is 8.64. The van der Waals surface area contributed by atoms with Crippen LogP contribution in [0.4, 0.5) is 5.69 Å². The monoisotopic (exact) mass is 296 g/mol. The number of ether oxygens (including phenoxy) is 1. The summed E-state index contributed by atoms with van der Waals surface area (Å²) in [7, 11) is 0. The van der Waals surface area contributed by atoms with Crippen LogP contribution in [0.3, 0.4) is 0 Å². The highest BCUT2D eigenvalue weighted by Crippen LogP contribution is 2.16. The molecule has 0 saturated carbocycles. The number of benzene rings is 1. The fourth-order valence-corrected chi connectivity index (χ4v) is 2.38. The SMILES string of the molecule is N#CC(C#N)=CNc1ccc(OCCCN2CCCC2)cc1. The molecular formula is C17H20N4O. The Morgan fingerprint density at radius 1 is 1.18 bits per heavy atom. The summed E-state index contributed by atoms with van der Waals surface area (Å²) in [6, 6.07) is 11.1. The number of nitriles is 2. The molecule has 0 amide bonds. The largest absolute Gasteiger partial charge is 0.494 e. The van der Waals surface area contributed by atoms with E-state index < -0.39 is 0 Å². The van der Waals surface area contributed by atoms with Crippen molar-refractivity contribution >= 4 is 5.69 Å². The first-order valence-electron chi connectivity index (χ1n) is 7.54. The lowest BCUT2D eigenvalue weighted by Gasteiger charge is -2.14. The number of nitrogens with zero attached hydrogens (tertiary/aromatic N) is 3. The van der Waals surface area contributed by atoms with E-state index in [1.54, 1.807) is 12.1 Å². The van der Waals surface area contributed by atoms with E-state index in [9.17, 15) is 0 Å². The third kappa shape index (κ3) is 5.12. The third-order valence-electron chi connectivity index (χ3n) is 3.56. The van der Waals surface area contributed by atoms with Crippen LogP contribution in [0, 0.1) is 22.7 Å². The van der Waals surface area contributed by atoms with Crippen LogP contribution in [0.15, 0.2) is 36.0 Å². The molecule has 1 saturated heterocycles. The third-order valence-corrected chi connectivity index (χ3v) is 3.56. The molecule has 0 bridgehead atoms. The Bertz CT molecular complexity index is 558. The molecule has 114 valence electrons. The van der Waals surface area contributed by atoms with Crippen molar-refractivity contribution in [1.82, 2.24) is 4.90 Å². The first-order valence-corrected chi connectivity index (χ1v) is 7.54. The Labute approximate surface area is 131 Å². The number of hydrogen-bond donors (Lipinski definition) is 1. The highest BCUT2D eigenvalue weighted by Gasteiger charge is 2.10. The van der Waals surface area contributed by atoms with Crippen LogP contribution >= 0.6 is 0 Å². The summed E-state index contributed by atoms with van der Waals surface area (Å²) in [5.74, 6) is 0.830. The van der Waals surface area contributed by atoms with E-state index in [-0.39, 0.29) is 5.57 Å². The normalized spacial score (nSPS) is 13.9. The summed E-state index contributed by atoms with van der Waals surface area (Å²) in [5, 5.41) is 20.2. The second-order valence-corrected chi connectivity index (χ2v) is 5.20. The zero-order chi connectivity index (χ0) is 15.6. The summed E-state index contributed by atoms with van der Waals surface area (Å²) in [6.07, 6.45) is 5.08. The molecule has 1 aliphatic rings. The summed E-state index contributed by atoms with van der Waals surface area (Å²) >= 11 is 0. The van der Waals surface area contributed by atoms with E-state index in [0.717, 1.165) is 31.0 Å². The molecule has 1 heterocycles. The smallest absolute Gasteiger partial charge is 0.145 e. The fraction of sp³-hybridized carbons (Fsp3) is 0.412. The van der Waals surface area contributed by atoms with Gasteiger partial charge in [0.05, 0.1) is 6.61 Å². The first-order chi connectivity index (χ1) is 10.8. The fourth-order valence-electron chi connectivity index (χ4n) is 2.38. The molecule has 1 N–H and O–H groups in total. The first kappa shape index (κ1) is 15.9. The number of nitrogens with one attached hydrogen (secondary N) is 1. The maximum Gasteiger partial charge on any atom is 0.145 e. The zero-order valence-corrected chi connectivity index (χ0v) is 12.6. The predicted octanol–water partition coefficient (Wildman–Crippen LogP) is 2.89. The molecule has 1 aromatic carbocycles. The standard InChI is InChI=1S/C17H20N4O/c18-12-15(13-19)14-20-16-4-6-17(7-5-16)22-11-3-10-21-8-1-2-9-21/h4-7,14,20H,1-3,8-11H2. The molecule has 1 aromatic rings. The van der Waals surface area contributed by atoms with Crippen molar-refractivity contribution in [3.63, 3.8) is 0 Å². The van der Waals surface area contributed by atoms with Crippen molar-refractivity contribution in [2.24, 2.45) is 0 Å². The van der Waals surface area contributed by atoms with Gasteiger partial charge < -0.3 is 15.0 Å². The molecule has 0 atom stereocenters. The quantitative estimate of drug-likeness (QED) is 0.618. The van der Waals surface area contributed by atoms with Crippen molar-refractivity contribution in [2.75, 3.05) is 31.6 Å². The number of hydrogen-bond acceptors (Lipinski definition) is 5. The van der Waals surface area contributed by atoms with Gasteiger partial charge in [-0.15, -0.1) is 0 Å². The van der Waals surface area contributed by atoms with Gasteiger partial charge in [0.25, 0.3) is 0 Å². The van der Waals surface area contributed by atoms with E-state index in [1.165, 1.54) is 32.1 Å². The van der Waals surface area contributed by atoms with E-state index in [0.29, 0.717) is 0 Å². The van der Waals surface area contributed by atoms with Gasteiger partial charge in [-0.25, -0.2) is 0 Å². The van der Waals surface area contributed by atoms with Gasteiger partial charge in [-0.3, -0.25) is 0 Å². The highest BCUT2D eigenvalue weighted by atomic mass is 16.5. The average Bonchev–Trinajstić information content (AvgIpc) is 3.07. The van der Waals surface area contributed by atoms with Crippen LogP contribution in [0.1, 0.15) is 19.3 Å². The van der Waals surface area contributed by atoms with Crippen LogP contribution in [0.25, 0.3) is 0 Å². The van der Waals surface area contributed by atoms with E-state index in [4.69, 9.17) is 15.3 Å². The molecule has 1 aliphatic heterocycles. The molecule has 22 heavy (non-hydrogen) atoms. The Morgan fingerprint density at radius 2 is 1.86 bits per heavy atom. The summed E-state index contributed by atoms with van der Waals surface area (Å²) < 4.78 is 5.71. The van der Waals surface area contributed by atoms with E-state index >= 15 is 0 Å². The van der Waals surface area contributed by atoms with Crippen LogP contribution in [0.5, 0.6) is 5.75 Å². The van der Waals surface area contributed by atoms with Crippen LogP contribution in [0.2, 0.25) is 0 Å². The second kappa shape index (κ2) is 8.71. The number of anilines is 1. The minimum atomic E-state index is 0.0437. The van der Waals surface area contributed by atoms with Crippen LogP contribution in [-0.4, -0.2) is 31.1 Å². The van der Waals surface area contributed by atoms with Gasteiger partial charge in [-0.2, -0.15) is 10.5 Å². The van der Waals surface area contributed by atoms with Crippen molar-refractivity contribution in [2.45, 2.75) is 19.3 Å². The van der Waals surface area contributed by atoms with Gasteiger partial charge >= 0.3 is 0 Å². The molecule has 0 aliphatic carbocycles. The lowest BCUT2D eigenvalue weighted by atomic mass is 10.3. The van der Waals surface area contributed by atoms with E-state index in [1.807, 2.05) is 24.3 Å². The molecule has 5 heteroatoms. The molecule has 1 fully saturated rings. The lowest BCUT2D eigenvalue weighted by molar-refractivity contribution is 0.263. The summed E-state index contributed by atoms with van der Waals surface area (Å²) in [6.45, 7) is 4.27. The number of rotatable bonds is 7. The lowest BCUT2D eigenvalue weighted by Crippen LogP contribution is -2.21. The summed E-state index contributed by atoms with van der Waals surface area (Å²) in [5.41, 5.74) is 0.856. The minimum absolute atomic E-state index is 0.0437. The predicted molar refractivity (Wildman–Crippen MR) is 85.2 cm³/mol. The minimum Gasteiger partial charge on any atom is -0.494 e. The molecule has 2 rings (SSSR count). The van der Waals surface area contributed by atoms with Gasteiger partial charge in [-0.1, -0.05) is 0 Å². The van der Waals surface area contributed by atoms with Gasteiger partial charge in [0, 0.05) is 18.4 Å². The average molecular weight is 296 g/mol. The van der Waals surface area contributed by atoms with Crippen molar-refractivity contribution in [1.29, 1.82) is 10.5 Å².